The van der Waals surface area contributed by atoms with Gasteiger partial charge in [-0.2, -0.15) is 0 Å². The smallest absolute Gasteiger partial charge is 0.337 e. The van der Waals surface area contributed by atoms with Gasteiger partial charge in [0.15, 0.2) is 5.82 Å². The van der Waals surface area contributed by atoms with Crippen LogP contribution in [0.25, 0.3) is 0 Å². The normalized spacial score (nSPS) is 24.0. The molecule has 1 fully saturated rings. The number of anilines is 2. The summed E-state index contributed by atoms with van der Waals surface area (Å²) in [4.78, 5) is 17.3. The number of hydrogen-bond donors (Lipinski definition) is 2. The molecule has 98 valence electrons. The Balaban J connectivity index is 2.35. The van der Waals surface area contributed by atoms with Gasteiger partial charge in [0.2, 0.25) is 0 Å². The van der Waals surface area contributed by atoms with Crippen molar-refractivity contribution >= 4 is 17.5 Å². The fourth-order valence-electron chi connectivity index (χ4n) is 2.65. The lowest BCUT2D eigenvalue weighted by molar-refractivity contribution is 0.0696. The van der Waals surface area contributed by atoms with Crippen molar-refractivity contribution in [2.45, 2.75) is 45.2 Å². The molecular weight excluding hydrogens is 230 g/mol. The van der Waals surface area contributed by atoms with Crippen LogP contribution < -0.4 is 10.6 Å². The van der Waals surface area contributed by atoms with E-state index in [0.717, 1.165) is 12.8 Å². The number of nitrogens with zero attached hydrogens (tertiary/aromatic N) is 2. The molecule has 18 heavy (non-hydrogen) atoms. The minimum absolute atomic E-state index is 0.133. The summed E-state index contributed by atoms with van der Waals surface area (Å²) in [6, 6.07) is 2.26. The van der Waals surface area contributed by atoms with Gasteiger partial charge in [-0.05, 0) is 39.2 Å². The van der Waals surface area contributed by atoms with Gasteiger partial charge >= 0.3 is 5.97 Å². The fourth-order valence-corrected chi connectivity index (χ4v) is 2.65. The van der Waals surface area contributed by atoms with E-state index in [-0.39, 0.29) is 5.56 Å². The lowest BCUT2D eigenvalue weighted by Crippen LogP contribution is -2.44. The number of aromatic nitrogens is 1. The standard InChI is InChI=1S/C13H19N3O2/c1-8-4-3-5-9(2)16(8)12-11(14)6-10(7-15-12)13(17)18/h6-9H,3-5,14H2,1-2H3,(H,17,18)/t8-,9+. The molecule has 1 aromatic heterocycles. The summed E-state index contributed by atoms with van der Waals surface area (Å²) in [7, 11) is 0. The van der Waals surface area contributed by atoms with Crippen molar-refractivity contribution in [2.75, 3.05) is 10.6 Å². The summed E-state index contributed by atoms with van der Waals surface area (Å²) < 4.78 is 0. The molecule has 1 saturated heterocycles. The molecule has 2 rings (SSSR count). The predicted molar refractivity (Wildman–Crippen MR) is 70.9 cm³/mol. The third-order valence-electron chi connectivity index (χ3n) is 3.58. The maximum Gasteiger partial charge on any atom is 0.337 e. The van der Waals surface area contributed by atoms with Crippen LogP contribution in [0.5, 0.6) is 0 Å². The average molecular weight is 249 g/mol. The van der Waals surface area contributed by atoms with Crippen molar-refractivity contribution in [3.8, 4) is 0 Å². The average Bonchev–Trinajstić information content (AvgIpc) is 2.30. The van der Waals surface area contributed by atoms with Crippen molar-refractivity contribution in [1.82, 2.24) is 4.98 Å². The Morgan fingerprint density at radius 2 is 2.06 bits per heavy atom. The van der Waals surface area contributed by atoms with E-state index in [1.54, 1.807) is 0 Å². The van der Waals surface area contributed by atoms with Crippen LogP contribution in [0, 0.1) is 0 Å². The molecule has 0 unspecified atom stereocenters. The molecule has 0 radical (unpaired) electrons. The first-order chi connectivity index (χ1) is 8.50. The number of nitrogens with two attached hydrogens (primary N) is 1. The second-order valence-corrected chi connectivity index (χ2v) is 4.98. The molecule has 1 aromatic rings. The highest BCUT2D eigenvalue weighted by atomic mass is 16.4. The van der Waals surface area contributed by atoms with Gasteiger partial charge < -0.3 is 15.7 Å². The van der Waals surface area contributed by atoms with E-state index >= 15 is 0 Å². The Hall–Kier alpha value is -1.78. The number of carboxylic acid groups (broad SMARTS) is 1. The molecule has 5 heteroatoms. The Labute approximate surface area is 107 Å². The molecule has 0 aromatic carbocycles. The summed E-state index contributed by atoms with van der Waals surface area (Å²) in [5, 5.41) is 8.91. The summed E-state index contributed by atoms with van der Waals surface area (Å²) in [5.74, 6) is -0.291. The van der Waals surface area contributed by atoms with E-state index in [0.29, 0.717) is 23.6 Å². The van der Waals surface area contributed by atoms with Crippen LogP contribution >= 0.6 is 0 Å². The lowest BCUT2D eigenvalue weighted by atomic mass is 9.97. The fraction of sp³-hybridized carbons (Fsp3) is 0.538. The monoisotopic (exact) mass is 249 g/mol. The third kappa shape index (κ3) is 2.25. The van der Waals surface area contributed by atoms with Crippen LogP contribution in [-0.4, -0.2) is 28.1 Å². The zero-order valence-corrected chi connectivity index (χ0v) is 10.8. The van der Waals surface area contributed by atoms with Crippen LogP contribution in [0.2, 0.25) is 0 Å². The molecule has 0 bridgehead atoms. The second-order valence-electron chi connectivity index (χ2n) is 4.98. The van der Waals surface area contributed by atoms with Crippen molar-refractivity contribution < 1.29 is 9.90 Å². The van der Waals surface area contributed by atoms with Gasteiger partial charge in [0.05, 0.1) is 11.3 Å². The highest BCUT2D eigenvalue weighted by Crippen LogP contribution is 2.31. The maximum atomic E-state index is 10.9. The largest absolute Gasteiger partial charge is 0.478 e. The molecule has 0 saturated carbocycles. The van der Waals surface area contributed by atoms with E-state index in [1.807, 2.05) is 0 Å². The molecule has 2 heterocycles. The van der Waals surface area contributed by atoms with E-state index in [1.165, 1.54) is 18.7 Å². The number of carbonyl (C=O) groups is 1. The molecule has 2 atom stereocenters. The number of hydrogen-bond acceptors (Lipinski definition) is 4. The van der Waals surface area contributed by atoms with Gasteiger partial charge in [-0.3, -0.25) is 0 Å². The Kier molecular flexibility index (Phi) is 3.41. The van der Waals surface area contributed by atoms with E-state index in [4.69, 9.17) is 10.8 Å². The summed E-state index contributed by atoms with van der Waals surface area (Å²) in [6.45, 7) is 4.31. The lowest BCUT2D eigenvalue weighted by Gasteiger charge is -2.40. The molecule has 1 aliphatic heterocycles. The number of rotatable bonds is 2. The third-order valence-corrected chi connectivity index (χ3v) is 3.58. The van der Waals surface area contributed by atoms with Crippen molar-refractivity contribution in [2.24, 2.45) is 0 Å². The van der Waals surface area contributed by atoms with Crippen molar-refractivity contribution in [1.29, 1.82) is 0 Å². The first-order valence-electron chi connectivity index (χ1n) is 6.28. The molecule has 3 N–H and O–H groups in total. The topological polar surface area (TPSA) is 79.5 Å². The van der Waals surface area contributed by atoms with Gasteiger partial charge in [-0.25, -0.2) is 9.78 Å². The predicted octanol–water partition coefficient (Wildman–Crippen LogP) is 2.13. The number of carboxylic acids is 1. The zero-order chi connectivity index (χ0) is 13.3. The van der Waals surface area contributed by atoms with Crippen LogP contribution in [0.15, 0.2) is 12.3 Å². The number of nitrogen functional groups attached to an aromatic ring is 1. The summed E-state index contributed by atoms with van der Waals surface area (Å²) in [5.41, 5.74) is 6.52. The first kappa shape index (κ1) is 12.7. The summed E-state index contributed by atoms with van der Waals surface area (Å²) in [6.07, 6.45) is 4.83. The van der Waals surface area contributed by atoms with Crippen LogP contribution in [0.4, 0.5) is 11.5 Å². The molecule has 0 aliphatic carbocycles. The SMILES string of the molecule is C[C@@H]1CCC[C@H](C)N1c1ncc(C(=O)O)cc1N. The van der Waals surface area contributed by atoms with E-state index < -0.39 is 5.97 Å². The molecular formula is C13H19N3O2. The minimum Gasteiger partial charge on any atom is -0.478 e. The van der Waals surface area contributed by atoms with Crippen LogP contribution in [-0.2, 0) is 0 Å². The molecule has 5 nitrogen and oxygen atoms in total. The second kappa shape index (κ2) is 4.84. The Morgan fingerprint density at radius 1 is 1.44 bits per heavy atom. The number of piperidine rings is 1. The highest BCUT2D eigenvalue weighted by Gasteiger charge is 2.27. The quantitative estimate of drug-likeness (QED) is 0.839. The van der Waals surface area contributed by atoms with Crippen molar-refractivity contribution in [3.05, 3.63) is 17.8 Å². The van der Waals surface area contributed by atoms with Gasteiger partial charge in [-0.1, -0.05) is 0 Å². The van der Waals surface area contributed by atoms with Gasteiger partial charge in [0.1, 0.15) is 0 Å². The number of pyridine rings is 1. The van der Waals surface area contributed by atoms with E-state index in [2.05, 4.69) is 23.7 Å². The Morgan fingerprint density at radius 3 is 2.56 bits per heavy atom. The van der Waals surface area contributed by atoms with Gasteiger partial charge in [0.25, 0.3) is 0 Å². The summed E-state index contributed by atoms with van der Waals surface area (Å²) >= 11 is 0. The zero-order valence-electron chi connectivity index (χ0n) is 10.8. The number of aromatic carboxylic acids is 1. The van der Waals surface area contributed by atoms with Gasteiger partial charge in [0, 0.05) is 18.3 Å². The molecule has 0 amide bonds. The Bertz CT molecular complexity index is 452. The van der Waals surface area contributed by atoms with Crippen LogP contribution in [0.1, 0.15) is 43.5 Å². The minimum atomic E-state index is -1.000. The molecule has 0 spiro atoms. The van der Waals surface area contributed by atoms with Crippen LogP contribution in [0.3, 0.4) is 0 Å². The van der Waals surface area contributed by atoms with Crippen molar-refractivity contribution in [3.63, 3.8) is 0 Å². The van der Waals surface area contributed by atoms with E-state index in [9.17, 15) is 4.79 Å². The maximum absolute atomic E-state index is 10.9. The van der Waals surface area contributed by atoms with Gasteiger partial charge in [-0.15, -0.1) is 0 Å². The highest BCUT2D eigenvalue weighted by molar-refractivity contribution is 5.89. The first-order valence-corrected chi connectivity index (χ1v) is 6.28. The molecule has 1 aliphatic rings.